The van der Waals surface area contributed by atoms with Crippen molar-refractivity contribution in [1.29, 1.82) is 0 Å². The molecule has 2 aromatic rings. The SMILES string of the molecule is CN(C)CCCC(=O)c1ccc(CNS(=O)(=O)c2ccc(F)c(Cl)c2)cn1. The number of halogens is 2. The highest BCUT2D eigenvalue weighted by molar-refractivity contribution is 7.89. The van der Waals surface area contributed by atoms with Crippen LogP contribution in [0.2, 0.25) is 5.02 Å². The van der Waals surface area contributed by atoms with E-state index in [0.717, 1.165) is 31.2 Å². The van der Waals surface area contributed by atoms with E-state index in [1.807, 2.05) is 19.0 Å². The Morgan fingerprint density at radius 1 is 1.26 bits per heavy atom. The summed E-state index contributed by atoms with van der Waals surface area (Å²) in [7, 11) is 0.0410. The summed E-state index contributed by atoms with van der Waals surface area (Å²) in [5.74, 6) is -0.740. The Balaban J connectivity index is 1.96. The second kappa shape index (κ2) is 9.36. The first-order valence-electron chi connectivity index (χ1n) is 8.26. The summed E-state index contributed by atoms with van der Waals surface area (Å²) >= 11 is 5.63. The zero-order chi connectivity index (χ0) is 20.0. The molecular weight excluding hydrogens is 393 g/mol. The van der Waals surface area contributed by atoms with Crippen LogP contribution >= 0.6 is 11.6 Å². The van der Waals surface area contributed by atoms with Crippen molar-refractivity contribution < 1.29 is 17.6 Å². The third-order valence-corrected chi connectivity index (χ3v) is 5.48. The summed E-state index contributed by atoms with van der Waals surface area (Å²) < 4.78 is 40.1. The smallest absolute Gasteiger partial charge is 0.240 e. The molecule has 0 amide bonds. The molecule has 0 unspecified atom stereocenters. The minimum absolute atomic E-state index is 0.0145. The van der Waals surface area contributed by atoms with Gasteiger partial charge in [-0.05, 0) is 56.9 Å². The first-order chi connectivity index (χ1) is 12.7. The van der Waals surface area contributed by atoms with Crippen LogP contribution in [0.1, 0.15) is 28.9 Å². The van der Waals surface area contributed by atoms with Crippen LogP contribution in [0.25, 0.3) is 0 Å². The molecule has 0 aliphatic carbocycles. The predicted octanol–water partition coefficient (Wildman–Crippen LogP) is 2.88. The number of hydrogen-bond donors (Lipinski definition) is 1. The normalized spacial score (nSPS) is 11.7. The van der Waals surface area contributed by atoms with Crippen molar-refractivity contribution in [1.82, 2.24) is 14.6 Å². The van der Waals surface area contributed by atoms with Gasteiger partial charge in [0, 0.05) is 19.2 Å². The third-order valence-electron chi connectivity index (χ3n) is 3.79. The lowest BCUT2D eigenvalue weighted by Gasteiger charge is -2.09. The number of nitrogens with one attached hydrogen (secondary N) is 1. The van der Waals surface area contributed by atoms with Gasteiger partial charge in [-0.15, -0.1) is 0 Å². The lowest BCUT2D eigenvalue weighted by atomic mass is 10.1. The Hall–Kier alpha value is -1.87. The first kappa shape index (κ1) is 21.4. The molecule has 27 heavy (non-hydrogen) atoms. The molecule has 1 aromatic carbocycles. The predicted molar refractivity (Wildman–Crippen MR) is 102 cm³/mol. The number of carbonyl (C=O) groups is 1. The number of Topliss-reactive ketones (excluding diaryl/α,β-unsaturated/α-hetero) is 1. The van der Waals surface area contributed by atoms with Crippen LogP contribution in [0.5, 0.6) is 0 Å². The van der Waals surface area contributed by atoms with Crippen molar-refractivity contribution in [2.45, 2.75) is 24.3 Å². The molecule has 0 bridgehead atoms. The molecule has 0 radical (unpaired) electrons. The van der Waals surface area contributed by atoms with Gasteiger partial charge in [0.25, 0.3) is 0 Å². The Labute approximate surface area is 163 Å². The van der Waals surface area contributed by atoms with E-state index in [-0.39, 0.29) is 22.2 Å². The van der Waals surface area contributed by atoms with E-state index in [2.05, 4.69) is 9.71 Å². The number of carbonyl (C=O) groups excluding carboxylic acids is 1. The fraction of sp³-hybridized carbons (Fsp3) is 0.333. The number of aromatic nitrogens is 1. The van der Waals surface area contributed by atoms with E-state index in [1.54, 1.807) is 12.1 Å². The summed E-state index contributed by atoms with van der Waals surface area (Å²) in [5.41, 5.74) is 0.947. The summed E-state index contributed by atoms with van der Waals surface area (Å²) in [4.78, 5) is 18.0. The summed E-state index contributed by atoms with van der Waals surface area (Å²) in [5, 5.41) is -0.267. The van der Waals surface area contributed by atoms with Crippen LogP contribution in [-0.4, -0.2) is 44.7 Å². The molecule has 0 spiro atoms. The van der Waals surface area contributed by atoms with Crippen LogP contribution in [-0.2, 0) is 16.6 Å². The highest BCUT2D eigenvalue weighted by Crippen LogP contribution is 2.19. The number of rotatable bonds is 9. The zero-order valence-electron chi connectivity index (χ0n) is 15.1. The fourth-order valence-electron chi connectivity index (χ4n) is 2.28. The van der Waals surface area contributed by atoms with Gasteiger partial charge in [-0.3, -0.25) is 9.78 Å². The van der Waals surface area contributed by atoms with E-state index in [9.17, 15) is 17.6 Å². The van der Waals surface area contributed by atoms with Crippen molar-refractivity contribution in [3.8, 4) is 0 Å². The average molecular weight is 414 g/mol. The van der Waals surface area contributed by atoms with Gasteiger partial charge in [-0.2, -0.15) is 0 Å². The number of sulfonamides is 1. The van der Waals surface area contributed by atoms with Crippen molar-refractivity contribution >= 4 is 27.4 Å². The number of ketones is 1. The maximum absolute atomic E-state index is 13.2. The maximum Gasteiger partial charge on any atom is 0.240 e. The van der Waals surface area contributed by atoms with Crippen molar-refractivity contribution in [2.75, 3.05) is 20.6 Å². The largest absolute Gasteiger partial charge is 0.309 e. The van der Waals surface area contributed by atoms with E-state index < -0.39 is 15.8 Å². The van der Waals surface area contributed by atoms with Crippen molar-refractivity contribution in [3.05, 3.63) is 58.6 Å². The molecule has 9 heteroatoms. The number of nitrogens with zero attached hydrogens (tertiary/aromatic N) is 2. The van der Waals surface area contributed by atoms with Crippen LogP contribution < -0.4 is 4.72 Å². The molecule has 0 fully saturated rings. The first-order valence-corrected chi connectivity index (χ1v) is 10.1. The minimum Gasteiger partial charge on any atom is -0.309 e. The van der Waals surface area contributed by atoms with Gasteiger partial charge < -0.3 is 4.90 Å². The zero-order valence-corrected chi connectivity index (χ0v) is 16.6. The van der Waals surface area contributed by atoms with Gasteiger partial charge in [-0.25, -0.2) is 17.5 Å². The summed E-state index contributed by atoms with van der Waals surface area (Å²) in [6.07, 6.45) is 2.61. The van der Waals surface area contributed by atoms with Gasteiger partial charge in [0.15, 0.2) is 5.78 Å². The topological polar surface area (TPSA) is 79.4 Å². The molecule has 0 aliphatic rings. The minimum atomic E-state index is -3.84. The molecule has 2 rings (SSSR count). The lowest BCUT2D eigenvalue weighted by molar-refractivity contribution is 0.0972. The second-order valence-corrected chi connectivity index (χ2v) is 8.46. The van der Waals surface area contributed by atoms with Crippen molar-refractivity contribution in [2.24, 2.45) is 0 Å². The van der Waals surface area contributed by atoms with E-state index in [4.69, 9.17) is 11.6 Å². The Kier molecular flexibility index (Phi) is 7.43. The van der Waals surface area contributed by atoms with E-state index in [1.165, 1.54) is 6.20 Å². The third kappa shape index (κ3) is 6.35. The average Bonchev–Trinajstić information content (AvgIpc) is 2.62. The summed E-state index contributed by atoms with van der Waals surface area (Å²) in [6, 6.07) is 6.40. The Morgan fingerprint density at radius 3 is 2.59 bits per heavy atom. The van der Waals surface area contributed by atoms with Gasteiger partial charge in [0.1, 0.15) is 11.5 Å². The molecule has 0 saturated heterocycles. The quantitative estimate of drug-likeness (QED) is 0.639. The monoisotopic (exact) mass is 413 g/mol. The van der Waals surface area contributed by atoms with Crippen LogP contribution in [0.15, 0.2) is 41.4 Å². The van der Waals surface area contributed by atoms with Gasteiger partial charge in [0.05, 0.1) is 9.92 Å². The van der Waals surface area contributed by atoms with Crippen molar-refractivity contribution in [3.63, 3.8) is 0 Å². The number of benzene rings is 1. The lowest BCUT2D eigenvalue weighted by Crippen LogP contribution is -2.23. The van der Waals surface area contributed by atoms with Crippen LogP contribution in [0.4, 0.5) is 4.39 Å². The van der Waals surface area contributed by atoms with Gasteiger partial charge in [0.2, 0.25) is 10.0 Å². The maximum atomic E-state index is 13.2. The molecule has 1 N–H and O–H groups in total. The molecule has 0 atom stereocenters. The number of pyridine rings is 1. The van der Waals surface area contributed by atoms with E-state index in [0.29, 0.717) is 17.7 Å². The highest BCUT2D eigenvalue weighted by atomic mass is 35.5. The Morgan fingerprint density at radius 2 is 2.00 bits per heavy atom. The molecule has 6 nitrogen and oxygen atoms in total. The summed E-state index contributed by atoms with van der Waals surface area (Å²) in [6.45, 7) is 0.804. The molecular formula is C18H21ClFN3O3S. The molecule has 146 valence electrons. The molecule has 0 saturated carbocycles. The fourth-order valence-corrected chi connectivity index (χ4v) is 3.57. The Bertz CT molecular complexity index is 903. The van der Waals surface area contributed by atoms with Gasteiger partial charge in [-0.1, -0.05) is 17.7 Å². The molecule has 1 aromatic heterocycles. The molecule has 1 heterocycles. The van der Waals surface area contributed by atoms with E-state index >= 15 is 0 Å². The standard InChI is InChI=1S/C18H21ClFN3O3S/c1-23(2)9-3-4-18(24)17-8-5-13(11-21-17)12-22-27(25,26)14-6-7-16(20)15(19)10-14/h5-8,10-11,22H,3-4,9,12H2,1-2H3. The second-order valence-electron chi connectivity index (χ2n) is 6.28. The van der Waals surface area contributed by atoms with Crippen LogP contribution in [0.3, 0.4) is 0 Å². The number of hydrogen-bond acceptors (Lipinski definition) is 5. The highest BCUT2D eigenvalue weighted by Gasteiger charge is 2.16. The van der Waals surface area contributed by atoms with Gasteiger partial charge >= 0.3 is 0 Å². The van der Waals surface area contributed by atoms with Crippen LogP contribution in [0, 0.1) is 5.82 Å². The molecule has 0 aliphatic heterocycles.